The second-order valence-corrected chi connectivity index (χ2v) is 5.72. The first-order chi connectivity index (χ1) is 12.8. The van der Waals surface area contributed by atoms with Crippen LogP contribution < -0.4 is 10.6 Å². The number of methoxy groups -OCH3 is 1. The topological polar surface area (TPSA) is 67.4 Å². The number of carbonyl (C=O) groups is 2. The molecule has 0 bridgehead atoms. The fraction of sp³-hybridized carbons (Fsp3) is 0.263. The Morgan fingerprint density at radius 1 is 0.963 bits per heavy atom. The lowest BCUT2D eigenvalue weighted by Gasteiger charge is -2.34. The predicted octanol–water partition coefficient (Wildman–Crippen LogP) is 2.68. The van der Waals surface area contributed by atoms with Gasteiger partial charge in [-0.25, -0.2) is 4.79 Å². The third-order valence-electron chi connectivity index (χ3n) is 3.90. The molecule has 0 radical (unpaired) electrons. The minimum absolute atomic E-state index is 0.0140. The summed E-state index contributed by atoms with van der Waals surface area (Å²) >= 11 is 0. The molecule has 1 amide bonds. The Kier molecular flexibility index (Phi) is 6.57. The first kappa shape index (κ1) is 20.4. The lowest BCUT2D eigenvalue weighted by Crippen LogP contribution is -2.72. The Labute approximate surface area is 154 Å². The number of nitrogens with one attached hydrogen (secondary N) is 2. The molecule has 0 aromatic heterocycles. The molecule has 1 atom stereocenters. The van der Waals surface area contributed by atoms with Crippen molar-refractivity contribution < 1.29 is 27.5 Å². The first-order valence-electron chi connectivity index (χ1n) is 8.12. The quantitative estimate of drug-likeness (QED) is 0.573. The summed E-state index contributed by atoms with van der Waals surface area (Å²) < 4.78 is 45.9. The maximum atomic E-state index is 13.8. The average molecular weight is 380 g/mol. The number of rotatable bonds is 7. The van der Waals surface area contributed by atoms with Crippen LogP contribution >= 0.6 is 0 Å². The largest absolute Gasteiger partial charge is 0.466 e. The lowest BCUT2D eigenvalue weighted by molar-refractivity contribution is -0.217. The summed E-state index contributed by atoms with van der Waals surface area (Å²) in [5, 5.41) is 3.92. The summed E-state index contributed by atoms with van der Waals surface area (Å²) in [6, 6.07) is 16.1. The summed E-state index contributed by atoms with van der Waals surface area (Å²) in [5.41, 5.74) is -2.59. The molecule has 0 aliphatic heterocycles. The number of benzene rings is 2. The van der Waals surface area contributed by atoms with Gasteiger partial charge in [0, 0.05) is 12.1 Å². The SMILES string of the molecule is COC(=O)C(NCCc1ccccc1)(NC(=O)c1ccccc1)C(F)(F)F. The van der Waals surface area contributed by atoms with E-state index >= 15 is 0 Å². The van der Waals surface area contributed by atoms with Crippen molar-refractivity contribution in [3.8, 4) is 0 Å². The van der Waals surface area contributed by atoms with Crippen LogP contribution in [-0.4, -0.2) is 37.4 Å². The minimum atomic E-state index is -5.12. The highest BCUT2D eigenvalue weighted by Crippen LogP contribution is 2.30. The van der Waals surface area contributed by atoms with Crippen LogP contribution in [-0.2, 0) is 16.0 Å². The monoisotopic (exact) mass is 380 g/mol. The van der Waals surface area contributed by atoms with E-state index in [1.807, 2.05) is 0 Å². The molecule has 0 saturated heterocycles. The zero-order valence-corrected chi connectivity index (χ0v) is 14.5. The molecule has 144 valence electrons. The van der Waals surface area contributed by atoms with Crippen molar-refractivity contribution in [1.82, 2.24) is 10.6 Å². The molecule has 2 N–H and O–H groups in total. The molecule has 0 heterocycles. The molecular formula is C19H19F3N2O3. The normalized spacial score (nSPS) is 13.5. The number of halogens is 3. The van der Waals surface area contributed by atoms with Crippen molar-refractivity contribution >= 4 is 11.9 Å². The van der Waals surface area contributed by atoms with Crippen LogP contribution in [0.3, 0.4) is 0 Å². The number of hydrogen-bond donors (Lipinski definition) is 2. The van der Waals surface area contributed by atoms with Crippen molar-refractivity contribution in [3.63, 3.8) is 0 Å². The molecule has 27 heavy (non-hydrogen) atoms. The molecule has 1 unspecified atom stereocenters. The van der Waals surface area contributed by atoms with E-state index in [0.29, 0.717) is 0 Å². The van der Waals surface area contributed by atoms with Crippen LogP contribution in [0.1, 0.15) is 15.9 Å². The van der Waals surface area contributed by atoms with Gasteiger partial charge in [0.1, 0.15) is 0 Å². The van der Waals surface area contributed by atoms with E-state index in [9.17, 15) is 22.8 Å². The predicted molar refractivity (Wildman–Crippen MR) is 92.9 cm³/mol. The molecular weight excluding hydrogens is 361 g/mol. The smallest absolute Gasteiger partial charge is 0.436 e. The van der Waals surface area contributed by atoms with E-state index in [2.05, 4.69) is 10.1 Å². The van der Waals surface area contributed by atoms with Gasteiger partial charge in [0.2, 0.25) is 0 Å². The highest BCUT2D eigenvalue weighted by atomic mass is 19.4. The first-order valence-corrected chi connectivity index (χ1v) is 8.12. The second-order valence-electron chi connectivity index (χ2n) is 5.72. The summed E-state index contributed by atoms with van der Waals surface area (Å²) in [6.07, 6.45) is -4.90. The van der Waals surface area contributed by atoms with Crippen molar-refractivity contribution in [2.45, 2.75) is 18.3 Å². The number of carbonyl (C=O) groups excluding carboxylic acids is 2. The van der Waals surface area contributed by atoms with Gasteiger partial charge in [-0.05, 0) is 24.1 Å². The zero-order valence-electron chi connectivity index (χ0n) is 14.5. The lowest BCUT2D eigenvalue weighted by atomic mass is 10.1. The Bertz CT molecular complexity index is 767. The molecule has 0 aliphatic rings. The van der Waals surface area contributed by atoms with Gasteiger partial charge in [-0.3, -0.25) is 10.1 Å². The van der Waals surface area contributed by atoms with Gasteiger partial charge < -0.3 is 10.1 Å². The average Bonchev–Trinajstić information content (AvgIpc) is 2.67. The number of hydrogen-bond acceptors (Lipinski definition) is 4. The molecule has 2 aromatic carbocycles. The third-order valence-corrected chi connectivity index (χ3v) is 3.90. The Balaban J connectivity index is 2.26. The van der Waals surface area contributed by atoms with Gasteiger partial charge in [0.15, 0.2) is 0 Å². The molecule has 5 nitrogen and oxygen atoms in total. The molecule has 0 saturated carbocycles. The molecule has 2 rings (SSSR count). The van der Waals surface area contributed by atoms with E-state index in [4.69, 9.17) is 0 Å². The molecule has 2 aromatic rings. The Hall–Kier alpha value is -2.87. The maximum Gasteiger partial charge on any atom is 0.436 e. The van der Waals surface area contributed by atoms with Crippen LogP contribution in [0.2, 0.25) is 0 Å². The number of ether oxygens (including phenoxy) is 1. The number of alkyl halides is 3. The summed E-state index contributed by atoms with van der Waals surface area (Å²) in [5.74, 6) is -2.70. The van der Waals surface area contributed by atoms with Gasteiger partial charge in [-0.15, -0.1) is 0 Å². The van der Waals surface area contributed by atoms with Crippen LogP contribution in [0, 0.1) is 0 Å². The van der Waals surface area contributed by atoms with Crippen molar-refractivity contribution in [2.75, 3.05) is 13.7 Å². The van der Waals surface area contributed by atoms with Crippen LogP contribution in [0.4, 0.5) is 13.2 Å². The second kappa shape index (κ2) is 8.68. The van der Waals surface area contributed by atoms with E-state index < -0.39 is 23.7 Å². The Morgan fingerprint density at radius 3 is 2.04 bits per heavy atom. The van der Waals surface area contributed by atoms with Gasteiger partial charge in [0.25, 0.3) is 11.6 Å². The number of esters is 1. The highest BCUT2D eigenvalue weighted by Gasteiger charge is 2.62. The van der Waals surface area contributed by atoms with Gasteiger partial charge in [-0.1, -0.05) is 48.5 Å². The fourth-order valence-electron chi connectivity index (χ4n) is 2.48. The zero-order chi connectivity index (χ0) is 19.9. The van der Waals surface area contributed by atoms with Crippen molar-refractivity contribution in [3.05, 3.63) is 71.8 Å². The van der Waals surface area contributed by atoms with E-state index in [1.165, 1.54) is 24.3 Å². The Morgan fingerprint density at radius 2 is 1.52 bits per heavy atom. The standard InChI is InChI=1S/C19H19F3N2O3/c1-27-17(26)18(19(20,21)22,23-13-12-14-8-4-2-5-9-14)24-16(25)15-10-6-3-7-11-15/h2-11,23H,12-13H2,1H3,(H,24,25). The van der Waals surface area contributed by atoms with Crippen molar-refractivity contribution in [2.24, 2.45) is 0 Å². The van der Waals surface area contributed by atoms with Crippen molar-refractivity contribution in [1.29, 1.82) is 0 Å². The minimum Gasteiger partial charge on any atom is -0.466 e. The van der Waals surface area contributed by atoms with E-state index in [1.54, 1.807) is 41.7 Å². The molecule has 0 fully saturated rings. The van der Waals surface area contributed by atoms with Crippen LogP contribution in [0.5, 0.6) is 0 Å². The van der Waals surface area contributed by atoms with Gasteiger partial charge in [0.05, 0.1) is 7.11 Å². The van der Waals surface area contributed by atoms with Gasteiger partial charge in [-0.2, -0.15) is 13.2 Å². The third kappa shape index (κ3) is 4.85. The molecule has 0 aliphatic carbocycles. The fourth-order valence-corrected chi connectivity index (χ4v) is 2.48. The summed E-state index contributed by atoms with van der Waals surface area (Å²) in [4.78, 5) is 24.4. The molecule has 0 spiro atoms. The number of amides is 1. The van der Waals surface area contributed by atoms with Crippen LogP contribution in [0.25, 0.3) is 0 Å². The van der Waals surface area contributed by atoms with Gasteiger partial charge >= 0.3 is 12.1 Å². The summed E-state index contributed by atoms with van der Waals surface area (Å²) in [6.45, 7) is -0.215. The maximum absolute atomic E-state index is 13.8. The summed E-state index contributed by atoms with van der Waals surface area (Å²) in [7, 11) is 0.830. The van der Waals surface area contributed by atoms with E-state index in [0.717, 1.165) is 12.7 Å². The van der Waals surface area contributed by atoms with Crippen LogP contribution in [0.15, 0.2) is 60.7 Å². The highest BCUT2D eigenvalue weighted by molar-refractivity contribution is 5.98. The van der Waals surface area contributed by atoms with E-state index in [-0.39, 0.29) is 18.5 Å². The molecule has 8 heteroatoms.